The Morgan fingerprint density at radius 3 is 2.39 bits per heavy atom. The molecule has 0 radical (unpaired) electrons. The van der Waals surface area contributed by atoms with Crippen molar-refractivity contribution in [2.45, 2.75) is 20.3 Å². The monoisotopic (exact) mass is 260 g/mol. The third-order valence-corrected chi connectivity index (χ3v) is 2.91. The van der Waals surface area contributed by atoms with Crippen molar-refractivity contribution in [1.29, 1.82) is 0 Å². The summed E-state index contributed by atoms with van der Waals surface area (Å²) < 4.78 is 5.74. The normalized spacial score (nSPS) is 10.7. The van der Waals surface area contributed by atoms with Gasteiger partial charge in [0.1, 0.15) is 11.5 Å². The highest BCUT2D eigenvalue weighted by molar-refractivity contribution is 6.32. The van der Waals surface area contributed by atoms with E-state index in [-0.39, 0.29) is 0 Å². The summed E-state index contributed by atoms with van der Waals surface area (Å²) in [6.07, 6.45) is 1.03. The van der Waals surface area contributed by atoms with Crippen molar-refractivity contribution in [3.8, 4) is 11.5 Å². The summed E-state index contributed by atoms with van der Waals surface area (Å²) in [6, 6.07) is 15.7. The second kappa shape index (κ2) is 5.92. The number of halogens is 1. The lowest BCUT2D eigenvalue weighted by Crippen LogP contribution is -1.94. The summed E-state index contributed by atoms with van der Waals surface area (Å²) in [5.41, 5.74) is 1.25. The molecule has 2 rings (SSSR count). The van der Waals surface area contributed by atoms with E-state index < -0.39 is 0 Å². The molecular formula is C16H17ClO. The molecule has 2 aromatic carbocycles. The average molecular weight is 261 g/mol. The largest absolute Gasteiger partial charge is 0.456 e. The average Bonchev–Trinajstić information content (AvgIpc) is 2.33. The van der Waals surface area contributed by atoms with Crippen LogP contribution in [-0.2, 0) is 6.42 Å². The van der Waals surface area contributed by atoms with Gasteiger partial charge in [0.25, 0.3) is 0 Å². The van der Waals surface area contributed by atoms with E-state index in [0.29, 0.717) is 16.7 Å². The fourth-order valence-electron chi connectivity index (χ4n) is 1.84. The van der Waals surface area contributed by atoms with Gasteiger partial charge in [0, 0.05) is 0 Å². The summed E-state index contributed by atoms with van der Waals surface area (Å²) in [6.45, 7) is 4.39. The van der Waals surface area contributed by atoms with E-state index in [1.54, 1.807) is 0 Å². The van der Waals surface area contributed by atoms with Crippen LogP contribution in [0.15, 0.2) is 48.5 Å². The highest BCUT2D eigenvalue weighted by atomic mass is 35.5. The summed E-state index contributed by atoms with van der Waals surface area (Å²) in [5.74, 6) is 2.13. The maximum Gasteiger partial charge on any atom is 0.146 e. The van der Waals surface area contributed by atoms with E-state index in [1.165, 1.54) is 5.56 Å². The zero-order chi connectivity index (χ0) is 13.0. The van der Waals surface area contributed by atoms with Crippen LogP contribution in [0.3, 0.4) is 0 Å². The highest BCUT2D eigenvalue weighted by Gasteiger charge is 2.05. The topological polar surface area (TPSA) is 9.23 Å². The Morgan fingerprint density at radius 2 is 1.78 bits per heavy atom. The Hall–Kier alpha value is -1.47. The molecule has 0 amide bonds. The minimum Gasteiger partial charge on any atom is -0.456 e. The third-order valence-electron chi connectivity index (χ3n) is 2.61. The molecule has 18 heavy (non-hydrogen) atoms. The van der Waals surface area contributed by atoms with Gasteiger partial charge in [-0.25, -0.2) is 0 Å². The van der Waals surface area contributed by atoms with Gasteiger partial charge in [-0.3, -0.25) is 0 Å². The quantitative estimate of drug-likeness (QED) is 0.722. The van der Waals surface area contributed by atoms with Gasteiger partial charge >= 0.3 is 0 Å². The smallest absolute Gasteiger partial charge is 0.146 e. The lowest BCUT2D eigenvalue weighted by molar-refractivity contribution is 0.482. The van der Waals surface area contributed by atoms with Crippen LogP contribution in [0, 0.1) is 5.92 Å². The molecule has 0 saturated heterocycles. The first-order valence-electron chi connectivity index (χ1n) is 6.16. The molecule has 0 heterocycles. The summed E-state index contributed by atoms with van der Waals surface area (Å²) in [5, 5.41) is 0.664. The van der Waals surface area contributed by atoms with Gasteiger partial charge in [0.2, 0.25) is 0 Å². The van der Waals surface area contributed by atoms with Crippen molar-refractivity contribution in [2.24, 2.45) is 5.92 Å². The van der Waals surface area contributed by atoms with Crippen LogP contribution in [0.4, 0.5) is 0 Å². The highest BCUT2D eigenvalue weighted by Crippen LogP contribution is 2.30. The second-order valence-corrected chi connectivity index (χ2v) is 5.19. The number of benzene rings is 2. The van der Waals surface area contributed by atoms with Crippen LogP contribution in [0.5, 0.6) is 11.5 Å². The molecule has 0 aromatic heterocycles. The maximum absolute atomic E-state index is 6.24. The standard InChI is InChI=1S/C16H17ClO/c1-12(2)10-13-8-9-16(15(17)11-13)18-14-6-4-3-5-7-14/h3-9,11-12H,10H2,1-2H3. The number of hydrogen-bond acceptors (Lipinski definition) is 1. The molecule has 0 N–H and O–H groups in total. The first-order valence-corrected chi connectivity index (χ1v) is 6.54. The van der Waals surface area contributed by atoms with Crippen LogP contribution in [0.2, 0.25) is 5.02 Å². The van der Waals surface area contributed by atoms with Crippen molar-refractivity contribution >= 4 is 11.6 Å². The third kappa shape index (κ3) is 3.51. The van der Waals surface area contributed by atoms with Crippen LogP contribution in [0.25, 0.3) is 0 Å². The lowest BCUT2D eigenvalue weighted by atomic mass is 10.0. The summed E-state index contributed by atoms with van der Waals surface area (Å²) >= 11 is 6.24. The Morgan fingerprint density at radius 1 is 1.06 bits per heavy atom. The van der Waals surface area contributed by atoms with Crippen molar-refractivity contribution in [3.05, 3.63) is 59.1 Å². The number of ether oxygens (including phenoxy) is 1. The number of hydrogen-bond donors (Lipinski definition) is 0. The van der Waals surface area contributed by atoms with Gasteiger partial charge in [-0.15, -0.1) is 0 Å². The lowest BCUT2D eigenvalue weighted by Gasteiger charge is -2.10. The molecule has 0 atom stereocenters. The molecule has 0 spiro atoms. The minimum absolute atomic E-state index is 0.627. The maximum atomic E-state index is 6.24. The molecule has 0 saturated carbocycles. The fourth-order valence-corrected chi connectivity index (χ4v) is 2.08. The second-order valence-electron chi connectivity index (χ2n) is 4.78. The van der Waals surface area contributed by atoms with Gasteiger partial charge in [0.15, 0.2) is 0 Å². The van der Waals surface area contributed by atoms with E-state index in [0.717, 1.165) is 12.2 Å². The molecule has 0 aliphatic rings. The van der Waals surface area contributed by atoms with Crippen LogP contribution in [-0.4, -0.2) is 0 Å². The van der Waals surface area contributed by atoms with Gasteiger partial charge in [-0.2, -0.15) is 0 Å². The van der Waals surface area contributed by atoms with Gasteiger partial charge < -0.3 is 4.74 Å². The minimum atomic E-state index is 0.627. The first-order chi connectivity index (χ1) is 8.65. The molecule has 2 aromatic rings. The molecule has 0 bridgehead atoms. The van der Waals surface area contributed by atoms with Crippen molar-refractivity contribution in [1.82, 2.24) is 0 Å². The van der Waals surface area contributed by atoms with Crippen molar-refractivity contribution < 1.29 is 4.74 Å². The molecule has 0 unspecified atom stereocenters. The SMILES string of the molecule is CC(C)Cc1ccc(Oc2ccccc2)c(Cl)c1. The molecule has 1 nitrogen and oxygen atoms in total. The molecule has 94 valence electrons. The molecule has 0 fully saturated rings. The Bertz CT molecular complexity index is 506. The van der Waals surface area contributed by atoms with E-state index in [2.05, 4.69) is 19.9 Å². The molecule has 0 aliphatic carbocycles. The predicted molar refractivity (Wildman–Crippen MR) is 76.5 cm³/mol. The van der Waals surface area contributed by atoms with E-state index in [4.69, 9.17) is 16.3 Å². The Kier molecular flexibility index (Phi) is 4.27. The van der Waals surface area contributed by atoms with E-state index >= 15 is 0 Å². The van der Waals surface area contributed by atoms with Gasteiger partial charge in [0.05, 0.1) is 5.02 Å². The fraction of sp³-hybridized carbons (Fsp3) is 0.250. The van der Waals surface area contributed by atoms with Gasteiger partial charge in [-0.05, 0) is 42.2 Å². The summed E-state index contributed by atoms with van der Waals surface area (Å²) in [4.78, 5) is 0. The number of para-hydroxylation sites is 1. The zero-order valence-electron chi connectivity index (χ0n) is 10.7. The molecular weight excluding hydrogens is 244 g/mol. The van der Waals surface area contributed by atoms with Crippen LogP contribution >= 0.6 is 11.6 Å². The zero-order valence-corrected chi connectivity index (χ0v) is 11.4. The number of rotatable bonds is 4. The van der Waals surface area contributed by atoms with Crippen molar-refractivity contribution in [3.63, 3.8) is 0 Å². The first kappa shape index (κ1) is 13.0. The van der Waals surface area contributed by atoms with Gasteiger partial charge in [-0.1, -0.05) is 49.7 Å². The predicted octanol–water partition coefficient (Wildman–Crippen LogP) is 5.33. The van der Waals surface area contributed by atoms with Crippen molar-refractivity contribution in [2.75, 3.05) is 0 Å². The Labute approximate surface area is 113 Å². The van der Waals surface area contributed by atoms with Crippen LogP contribution in [0.1, 0.15) is 19.4 Å². The van der Waals surface area contributed by atoms with Crippen LogP contribution < -0.4 is 4.74 Å². The Balaban J connectivity index is 2.15. The molecule has 0 aliphatic heterocycles. The molecule has 2 heteroatoms. The summed E-state index contributed by atoms with van der Waals surface area (Å²) in [7, 11) is 0. The van der Waals surface area contributed by atoms with E-state index in [9.17, 15) is 0 Å². The van der Waals surface area contributed by atoms with E-state index in [1.807, 2.05) is 42.5 Å².